The number of aliphatic hydroxyl groups excluding tert-OH is 1. The van der Waals surface area contributed by atoms with E-state index >= 15 is 0 Å². The highest BCUT2D eigenvalue weighted by Crippen LogP contribution is 2.18. The van der Waals surface area contributed by atoms with Gasteiger partial charge in [-0.1, -0.05) is 18.2 Å². The zero-order valence-electron chi connectivity index (χ0n) is 16.1. The fourth-order valence-corrected chi connectivity index (χ4v) is 2.92. The van der Waals surface area contributed by atoms with Crippen molar-refractivity contribution in [1.29, 1.82) is 0 Å². The molecule has 3 amide bonds. The first-order chi connectivity index (χ1) is 14.2. The van der Waals surface area contributed by atoms with Crippen molar-refractivity contribution >= 4 is 34.6 Å². The molecular formula is C19H25N5O6. The molecule has 11 nitrogen and oxygen atoms in total. The van der Waals surface area contributed by atoms with Gasteiger partial charge in [-0.05, 0) is 24.5 Å². The zero-order valence-corrected chi connectivity index (χ0v) is 16.1. The quantitative estimate of drug-likeness (QED) is 0.226. The number of hydrogen-bond acceptors (Lipinski definition) is 6. The van der Waals surface area contributed by atoms with E-state index in [1.807, 2.05) is 24.3 Å². The molecule has 0 fully saturated rings. The molecule has 11 heteroatoms. The summed E-state index contributed by atoms with van der Waals surface area (Å²) < 4.78 is 0. The minimum atomic E-state index is -1.55. The number of carbonyl (C=O) groups excluding carboxylic acids is 3. The van der Waals surface area contributed by atoms with Crippen molar-refractivity contribution in [1.82, 2.24) is 15.6 Å². The van der Waals surface area contributed by atoms with Crippen LogP contribution < -0.4 is 22.1 Å². The third-order valence-electron chi connectivity index (χ3n) is 4.56. The van der Waals surface area contributed by atoms with Gasteiger partial charge < -0.3 is 37.3 Å². The number of nitrogens with one attached hydrogen (secondary N) is 3. The van der Waals surface area contributed by atoms with Gasteiger partial charge in [-0.2, -0.15) is 0 Å². The third kappa shape index (κ3) is 6.03. The second-order valence-electron chi connectivity index (χ2n) is 6.82. The van der Waals surface area contributed by atoms with Gasteiger partial charge in [0.25, 0.3) is 0 Å². The summed E-state index contributed by atoms with van der Waals surface area (Å²) in [7, 11) is 0. The summed E-state index contributed by atoms with van der Waals surface area (Å²) in [6.07, 6.45) is 1.57. The Hall–Kier alpha value is -3.44. The average Bonchev–Trinajstić information content (AvgIpc) is 3.11. The van der Waals surface area contributed by atoms with Crippen molar-refractivity contribution in [2.24, 2.45) is 11.5 Å². The SMILES string of the molecule is NC(=O)CC[C@H](NC(=O)[C@@H](N)Cc1c[nH]c2ccccc12)C(=O)N[C@@H](CO)C(=O)O. The number of nitrogens with two attached hydrogens (primary N) is 2. The van der Waals surface area contributed by atoms with Gasteiger partial charge in [0.05, 0.1) is 12.6 Å². The lowest BCUT2D eigenvalue weighted by atomic mass is 10.0. The van der Waals surface area contributed by atoms with E-state index in [0.29, 0.717) is 0 Å². The van der Waals surface area contributed by atoms with Gasteiger partial charge in [0.15, 0.2) is 0 Å². The molecule has 0 aliphatic carbocycles. The van der Waals surface area contributed by atoms with Crippen LogP contribution in [0.1, 0.15) is 18.4 Å². The van der Waals surface area contributed by atoms with E-state index in [0.717, 1.165) is 16.5 Å². The van der Waals surface area contributed by atoms with E-state index in [1.165, 1.54) is 0 Å². The van der Waals surface area contributed by atoms with Crippen LogP contribution in [0.2, 0.25) is 0 Å². The number of hydrogen-bond donors (Lipinski definition) is 7. The summed E-state index contributed by atoms with van der Waals surface area (Å²) in [6.45, 7) is -0.836. The van der Waals surface area contributed by atoms with Gasteiger partial charge in [0.2, 0.25) is 17.7 Å². The van der Waals surface area contributed by atoms with Crippen molar-refractivity contribution in [3.8, 4) is 0 Å². The van der Waals surface area contributed by atoms with E-state index in [-0.39, 0.29) is 19.3 Å². The molecule has 0 saturated heterocycles. The third-order valence-corrected chi connectivity index (χ3v) is 4.56. The van der Waals surface area contributed by atoms with Crippen LogP contribution >= 0.6 is 0 Å². The summed E-state index contributed by atoms with van der Waals surface area (Å²) in [5, 5.41) is 23.5. The minimum absolute atomic E-state index is 0.148. The molecule has 2 aromatic rings. The molecule has 3 atom stereocenters. The van der Waals surface area contributed by atoms with Crippen molar-refractivity contribution < 1.29 is 29.4 Å². The van der Waals surface area contributed by atoms with E-state index in [4.69, 9.17) is 21.7 Å². The fraction of sp³-hybridized carbons (Fsp3) is 0.368. The number of aromatic amines is 1. The van der Waals surface area contributed by atoms with Crippen LogP contribution in [0.5, 0.6) is 0 Å². The van der Waals surface area contributed by atoms with Gasteiger partial charge in [-0.3, -0.25) is 14.4 Å². The fourth-order valence-electron chi connectivity index (χ4n) is 2.92. The number of para-hydroxylation sites is 1. The van der Waals surface area contributed by atoms with Crippen LogP contribution in [0.4, 0.5) is 0 Å². The number of rotatable bonds is 11. The lowest BCUT2D eigenvalue weighted by Crippen LogP contribution is -2.55. The maximum absolute atomic E-state index is 12.5. The maximum atomic E-state index is 12.5. The molecule has 0 saturated carbocycles. The largest absolute Gasteiger partial charge is 0.480 e. The van der Waals surface area contributed by atoms with Gasteiger partial charge in [0, 0.05) is 23.5 Å². The molecule has 1 aromatic carbocycles. The molecule has 162 valence electrons. The number of aromatic nitrogens is 1. The molecule has 1 aromatic heterocycles. The number of fused-ring (bicyclic) bond motifs is 1. The Balaban J connectivity index is 2.07. The van der Waals surface area contributed by atoms with Crippen LogP contribution in [0.3, 0.4) is 0 Å². The standard InChI is InChI=1S/C19H25N5O6/c20-12(7-10-8-22-13-4-2-1-3-11(10)13)17(27)23-14(5-6-16(21)26)18(28)24-15(9-25)19(29)30/h1-4,8,12,14-15,22,25H,5-7,9,20H2,(H2,21,26)(H,23,27)(H,24,28)(H,29,30)/t12-,14-,15-/m0/s1. The number of H-pyrrole nitrogens is 1. The molecule has 30 heavy (non-hydrogen) atoms. The van der Waals surface area contributed by atoms with E-state index in [1.54, 1.807) is 6.20 Å². The Morgan fingerprint density at radius 2 is 1.73 bits per heavy atom. The van der Waals surface area contributed by atoms with Crippen molar-refractivity contribution in [3.63, 3.8) is 0 Å². The van der Waals surface area contributed by atoms with Crippen LogP contribution in [-0.2, 0) is 25.6 Å². The minimum Gasteiger partial charge on any atom is -0.480 e. The summed E-state index contributed by atoms with van der Waals surface area (Å²) in [5.74, 6) is -3.66. The zero-order chi connectivity index (χ0) is 22.3. The highest BCUT2D eigenvalue weighted by Gasteiger charge is 2.28. The molecule has 0 aliphatic rings. The van der Waals surface area contributed by atoms with E-state index in [9.17, 15) is 19.2 Å². The molecule has 1 heterocycles. The molecule has 0 radical (unpaired) electrons. The Labute approximate surface area is 171 Å². The molecule has 0 unspecified atom stereocenters. The Bertz CT molecular complexity index is 927. The second kappa shape index (κ2) is 10.4. The van der Waals surface area contributed by atoms with Crippen molar-refractivity contribution in [2.45, 2.75) is 37.4 Å². The Morgan fingerprint density at radius 3 is 2.37 bits per heavy atom. The second-order valence-corrected chi connectivity index (χ2v) is 6.82. The predicted octanol–water partition coefficient (Wildman–Crippen LogP) is -1.65. The van der Waals surface area contributed by atoms with Gasteiger partial charge in [-0.15, -0.1) is 0 Å². The summed E-state index contributed by atoms with van der Waals surface area (Å²) in [5.41, 5.74) is 12.8. The summed E-state index contributed by atoms with van der Waals surface area (Å²) in [4.78, 5) is 50.1. The number of carbonyl (C=O) groups is 4. The molecule has 9 N–H and O–H groups in total. The number of carboxylic acids is 1. The van der Waals surface area contributed by atoms with E-state index in [2.05, 4.69) is 15.6 Å². The highest BCUT2D eigenvalue weighted by atomic mass is 16.4. The van der Waals surface area contributed by atoms with Crippen LogP contribution in [-0.4, -0.2) is 63.6 Å². The molecule has 2 rings (SSSR count). The molecule has 0 bridgehead atoms. The van der Waals surface area contributed by atoms with Gasteiger partial charge in [-0.25, -0.2) is 4.79 Å². The predicted molar refractivity (Wildman–Crippen MR) is 107 cm³/mol. The van der Waals surface area contributed by atoms with Crippen LogP contribution in [0.25, 0.3) is 10.9 Å². The van der Waals surface area contributed by atoms with Crippen LogP contribution in [0.15, 0.2) is 30.5 Å². The number of aliphatic carboxylic acids is 1. The first-order valence-corrected chi connectivity index (χ1v) is 9.26. The summed E-state index contributed by atoms with van der Waals surface area (Å²) >= 11 is 0. The van der Waals surface area contributed by atoms with Crippen LogP contribution in [0, 0.1) is 0 Å². The van der Waals surface area contributed by atoms with Crippen molar-refractivity contribution in [3.05, 3.63) is 36.0 Å². The van der Waals surface area contributed by atoms with Gasteiger partial charge >= 0.3 is 5.97 Å². The number of benzene rings is 1. The first-order valence-electron chi connectivity index (χ1n) is 9.26. The van der Waals surface area contributed by atoms with E-state index < -0.39 is 48.4 Å². The van der Waals surface area contributed by atoms with Crippen molar-refractivity contribution in [2.75, 3.05) is 6.61 Å². The lowest BCUT2D eigenvalue weighted by Gasteiger charge is -2.22. The van der Waals surface area contributed by atoms with Gasteiger partial charge in [0.1, 0.15) is 12.1 Å². The number of amides is 3. The maximum Gasteiger partial charge on any atom is 0.328 e. The number of primary amides is 1. The normalized spacial score (nSPS) is 13.9. The smallest absolute Gasteiger partial charge is 0.328 e. The topological polar surface area (TPSA) is 201 Å². The molecular weight excluding hydrogens is 394 g/mol. The first kappa shape index (κ1) is 22.8. The molecule has 0 spiro atoms. The lowest BCUT2D eigenvalue weighted by molar-refractivity contribution is -0.143. The highest BCUT2D eigenvalue weighted by molar-refractivity contribution is 5.92. The number of carboxylic acid groups (broad SMARTS) is 1. The monoisotopic (exact) mass is 419 g/mol. The summed E-state index contributed by atoms with van der Waals surface area (Å²) in [6, 6.07) is 3.70. The Morgan fingerprint density at radius 1 is 1.07 bits per heavy atom. The molecule has 0 aliphatic heterocycles. The Kier molecular flexibility index (Phi) is 7.90. The number of aliphatic hydroxyl groups is 1. The average molecular weight is 419 g/mol.